The molecule has 2 nitrogen and oxygen atoms in total. The van der Waals surface area contributed by atoms with Crippen molar-refractivity contribution in [2.24, 2.45) is 0 Å². The van der Waals surface area contributed by atoms with Crippen molar-refractivity contribution in [2.45, 2.75) is 55.3 Å². The lowest BCUT2D eigenvalue weighted by Crippen LogP contribution is -2.37. The molecule has 18 heavy (non-hydrogen) atoms. The van der Waals surface area contributed by atoms with Crippen molar-refractivity contribution >= 4 is 27.7 Å². The van der Waals surface area contributed by atoms with Crippen LogP contribution in [0.15, 0.2) is 27.8 Å². The lowest BCUT2D eigenvalue weighted by Gasteiger charge is -2.25. The van der Waals surface area contributed by atoms with Crippen molar-refractivity contribution in [3.63, 3.8) is 0 Å². The highest BCUT2D eigenvalue weighted by Gasteiger charge is 2.24. The van der Waals surface area contributed by atoms with Gasteiger partial charge in [0.05, 0.1) is 5.03 Å². The maximum absolute atomic E-state index is 4.49. The minimum atomic E-state index is 0.646. The van der Waals surface area contributed by atoms with Gasteiger partial charge < -0.3 is 5.32 Å². The van der Waals surface area contributed by atoms with Crippen molar-refractivity contribution in [3.8, 4) is 0 Å². The first-order valence-electron chi connectivity index (χ1n) is 6.81. The summed E-state index contributed by atoms with van der Waals surface area (Å²) in [6, 6.07) is 4.84. The minimum Gasteiger partial charge on any atom is -0.313 e. The van der Waals surface area contributed by atoms with Crippen molar-refractivity contribution in [1.82, 2.24) is 10.3 Å². The van der Waals surface area contributed by atoms with Gasteiger partial charge in [-0.25, -0.2) is 4.98 Å². The Kier molecular flexibility index (Phi) is 5.99. The van der Waals surface area contributed by atoms with Gasteiger partial charge >= 0.3 is 0 Å². The third kappa shape index (κ3) is 4.25. The first-order valence-corrected chi connectivity index (χ1v) is 8.48. The van der Waals surface area contributed by atoms with Crippen LogP contribution in [0.3, 0.4) is 0 Å². The quantitative estimate of drug-likeness (QED) is 0.836. The summed E-state index contributed by atoms with van der Waals surface area (Å²) in [5.74, 6) is 0. The van der Waals surface area contributed by atoms with Gasteiger partial charge in [-0.3, -0.25) is 0 Å². The molecule has 2 rings (SSSR count). The van der Waals surface area contributed by atoms with E-state index in [1.165, 1.54) is 32.1 Å². The fourth-order valence-corrected chi connectivity index (χ4v) is 3.98. The molecule has 4 heteroatoms. The van der Waals surface area contributed by atoms with Crippen LogP contribution in [0, 0.1) is 0 Å². The van der Waals surface area contributed by atoms with E-state index >= 15 is 0 Å². The van der Waals surface area contributed by atoms with Gasteiger partial charge in [0, 0.05) is 22.0 Å². The van der Waals surface area contributed by atoms with E-state index in [0.717, 1.165) is 16.0 Å². The Morgan fingerprint density at radius 3 is 2.89 bits per heavy atom. The molecule has 1 heterocycles. The summed E-state index contributed by atoms with van der Waals surface area (Å²) in [7, 11) is 0. The first-order chi connectivity index (χ1) is 8.79. The topological polar surface area (TPSA) is 24.9 Å². The summed E-state index contributed by atoms with van der Waals surface area (Å²) in [6.07, 6.45) is 8.61. The standard InChI is InChI=1S/C14H21BrN2S/c1-2-16-12-6-4-3-5-7-13(12)18-14-9-8-11(15)10-17-14/h8-10,12-13,16H,2-7H2,1H3. The van der Waals surface area contributed by atoms with E-state index in [-0.39, 0.29) is 0 Å². The van der Waals surface area contributed by atoms with Crippen LogP contribution in [-0.4, -0.2) is 22.8 Å². The molecule has 1 saturated carbocycles. The lowest BCUT2D eigenvalue weighted by atomic mass is 10.1. The van der Waals surface area contributed by atoms with E-state index in [1.54, 1.807) is 0 Å². The highest BCUT2D eigenvalue weighted by Crippen LogP contribution is 2.32. The van der Waals surface area contributed by atoms with E-state index in [2.05, 4.69) is 45.3 Å². The Morgan fingerprint density at radius 1 is 1.33 bits per heavy atom. The van der Waals surface area contributed by atoms with Gasteiger partial charge in [0.25, 0.3) is 0 Å². The molecule has 0 radical (unpaired) electrons. The Morgan fingerprint density at radius 2 is 2.17 bits per heavy atom. The molecule has 2 unspecified atom stereocenters. The number of nitrogens with zero attached hydrogens (tertiary/aromatic N) is 1. The third-order valence-electron chi connectivity index (χ3n) is 3.39. The number of nitrogens with one attached hydrogen (secondary N) is 1. The zero-order valence-corrected chi connectivity index (χ0v) is 13.3. The van der Waals surface area contributed by atoms with Crippen molar-refractivity contribution < 1.29 is 0 Å². The SMILES string of the molecule is CCNC1CCCCCC1Sc1ccc(Br)cn1. The summed E-state index contributed by atoms with van der Waals surface area (Å²) in [4.78, 5) is 4.49. The summed E-state index contributed by atoms with van der Waals surface area (Å²) >= 11 is 5.38. The van der Waals surface area contributed by atoms with Crippen LogP contribution in [0.1, 0.15) is 39.0 Å². The van der Waals surface area contributed by atoms with E-state index in [4.69, 9.17) is 0 Å². The molecule has 0 spiro atoms. The maximum Gasteiger partial charge on any atom is 0.0963 e. The fraction of sp³-hybridized carbons (Fsp3) is 0.643. The van der Waals surface area contributed by atoms with Crippen LogP contribution in [0.25, 0.3) is 0 Å². The Bertz CT molecular complexity index is 355. The molecule has 1 aromatic heterocycles. The molecule has 1 aliphatic carbocycles. The molecule has 2 atom stereocenters. The van der Waals surface area contributed by atoms with E-state index < -0.39 is 0 Å². The number of halogens is 1. The molecule has 0 aromatic carbocycles. The van der Waals surface area contributed by atoms with E-state index in [1.807, 2.05) is 18.0 Å². The normalized spacial score (nSPS) is 24.8. The van der Waals surface area contributed by atoms with E-state index in [0.29, 0.717) is 11.3 Å². The molecule has 1 N–H and O–H groups in total. The number of aromatic nitrogens is 1. The Labute approximate surface area is 122 Å². The molecule has 1 aliphatic rings. The molecule has 0 amide bonds. The molecule has 0 bridgehead atoms. The highest BCUT2D eigenvalue weighted by molar-refractivity contribution is 9.10. The number of rotatable bonds is 4. The van der Waals surface area contributed by atoms with Crippen LogP contribution in [0.4, 0.5) is 0 Å². The summed E-state index contributed by atoms with van der Waals surface area (Å²) < 4.78 is 1.05. The number of pyridine rings is 1. The smallest absolute Gasteiger partial charge is 0.0963 e. The van der Waals surface area contributed by atoms with Crippen LogP contribution in [-0.2, 0) is 0 Å². The third-order valence-corrected chi connectivity index (χ3v) is 5.21. The fourth-order valence-electron chi connectivity index (χ4n) is 2.50. The molecular formula is C14H21BrN2S. The van der Waals surface area contributed by atoms with E-state index in [9.17, 15) is 0 Å². The second-order valence-corrected chi connectivity index (χ2v) is 6.95. The van der Waals surface area contributed by atoms with Crippen LogP contribution in [0.5, 0.6) is 0 Å². The van der Waals surface area contributed by atoms with Gasteiger partial charge in [-0.05, 0) is 47.4 Å². The van der Waals surface area contributed by atoms with Crippen molar-refractivity contribution in [2.75, 3.05) is 6.54 Å². The summed E-state index contributed by atoms with van der Waals surface area (Å²) in [5.41, 5.74) is 0. The van der Waals surface area contributed by atoms with Gasteiger partial charge in [0.1, 0.15) is 0 Å². The van der Waals surface area contributed by atoms with Crippen molar-refractivity contribution in [3.05, 3.63) is 22.8 Å². The largest absolute Gasteiger partial charge is 0.313 e. The zero-order valence-electron chi connectivity index (χ0n) is 10.9. The summed E-state index contributed by atoms with van der Waals surface area (Å²) in [5, 5.41) is 5.46. The molecular weight excluding hydrogens is 308 g/mol. The number of hydrogen-bond acceptors (Lipinski definition) is 3. The molecule has 100 valence electrons. The van der Waals surface area contributed by atoms with Gasteiger partial charge in [-0.2, -0.15) is 0 Å². The lowest BCUT2D eigenvalue weighted by molar-refractivity contribution is 0.482. The van der Waals surface area contributed by atoms with Gasteiger partial charge in [0.15, 0.2) is 0 Å². The molecule has 0 aliphatic heterocycles. The average molecular weight is 329 g/mol. The second kappa shape index (κ2) is 7.51. The molecule has 0 saturated heterocycles. The zero-order chi connectivity index (χ0) is 12.8. The predicted octanol–water partition coefficient (Wildman–Crippen LogP) is 4.25. The van der Waals surface area contributed by atoms with Crippen LogP contribution >= 0.6 is 27.7 Å². The van der Waals surface area contributed by atoms with Crippen LogP contribution < -0.4 is 5.32 Å². The first kappa shape index (κ1) is 14.4. The maximum atomic E-state index is 4.49. The number of hydrogen-bond donors (Lipinski definition) is 1. The monoisotopic (exact) mass is 328 g/mol. The predicted molar refractivity (Wildman–Crippen MR) is 82.1 cm³/mol. The number of thioether (sulfide) groups is 1. The second-order valence-electron chi connectivity index (χ2n) is 4.77. The minimum absolute atomic E-state index is 0.646. The summed E-state index contributed by atoms with van der Waals surface area (Å²) in [6.45, 7) is 3.26. The van der Waals surface area contributed by atoms with Crippen molar-refractivity contribution in [1.29, 1.82) is 0 Å². The van der Waals surface area contributed by atoms with Gasteiger partial charge in [-0.1, -0.05) is 26.2 Å². The van der Waals surface area contributed by atoms with Crippen LogP contribution in [0.2, 0.25) is 0 Å². The van der Waals surface area contributed by atoms with Gasteiger partial charge in [0.2, 0.25) is 0 Å². The molecule has 1 fully saturated rings. The highest BCUT2D eigenvalue weighted by atomic mass is 79.9. The average Bonchev–Trinajstić information content (AvgIpc) is 2.59. The molecule has 1 aromatic rings. The Hall–Kier alpha value is -0.0600. The van der Waals surface area contributed by atoms with Gasteiger partial charge in [-0.15, -0.1) is 11.8 Å². The Balaban J connectivity index is 2.01.